The number of hydrogen-bond donors (Lipinski definition) is 0. The summed E-state index contributed by atoms with van der Waals surface area (Å²) in [6.45, 7) is 2.11. The monoisotopic (exact) mass is 256 g/mol. The molecule has 0 bridgehead atoms. The summed E-state index contributed by atoms with van der Waals surface area (Å²) in [5.74, 6) is -0.406. The van der Waals surface area contributed by atoms with Gasteiger partial charge in [-0.25, -0.2) is 9.78 Å². The second kappa shape index (κ2) is 4.61. The minimum Gasteiger partial charge on any atom is -0.472 e. The van der Waals surface area contributed by atoms with Crippen molar-refractivity contribution in [1.82, 2.24) is 9.38 Å². The molecule has 0 saturated heterocycles. The van der Waals surface area contributed by atoms with Gasteiger partial charge in [-0.1, -0.05) is 0 Å². The van der Waals surface area contributed by atoms with Crippen LogP contribution < -0.4 is 0 Å². The van der Waals surface area contributed by atoms with E-state index in [-0.39, 0.29) is 0 Å². The Morgan fingerprint density at radius 1 is 1.32 bits per heavy atom. The van der Waals surface area contributed by atoms with Crippen molar-refractivity contribution in [2.24, 2.45) is 0 Å². The van der Waals surface area contributed by atoms with Gasteiger partial charge < -0.3 is 13.6 Å². The van der Waals surface area contributed by atoms with Crippen molar-refractivity contribution in [3.8, 4) is 11.1 Å². The molecule has 0 N–H and O–H groups in total. The van der Waals surface area contributed by atoms with Gasteiger partial charge in [-0.05, 0) is 25.1 Å². The SMILES string of the molecule is CCOC(=O)c1cn2cc(-c3ccoc3)ccc2n1. The molecular weight excluding hydrogens is 244 g/mol. The first-order valence-electron chi connectivity index (χ1n) is 5.96. The molecule has 0 aromatic carbocycles. The number of imidazole rings is 1. The topological polar surface area (TPSA) is 56.7 Å². The number of esters is 1. The zero-order chi connectivity index (χ0) is 13.2. The molecule has 0 atom stereocenters. The van der Waals surface area contributed by atoms with Crippen LogP contribution in [0.25, 0.3) is 16.8 Å². The maximum absolute atomic E-state index is 11.6. The van der Waals surface area contributed by atoms with Crippen molar-refractivity contribution in [3.63, 3.8) is 0 Å². The van der Waals surface area contributed by atoms with Crippen molar-refractivity contribution in [3.05, 3.63) is 48.8 Å². The summed E-state index contributed by atoms with van der Waals surface area (Å²) in [5.41, 5.74) is 2.99. The first-order valence-corrected chi connectivity index (χ1v) is 5.96. The Kier molecular flexibility index (Phi) is 2.79. The van der Waals surface area contributed by atoms with Crippen LogP contribution in [-0.4, -0.2) is 22.0 Å². The first-order chi connectivity index (χ1) is 9.28. The lowest BCUT2D eigenvalue weighted by Gasteiger charge is -1.98. The molecule has 0 amide bonds. The predicted molar refractivity (Wildman–Crippen MR) is 68.9 cm³/mol. The van der Waals surface area contributed by atoms with Crippen molar-refractivity contribution in [1.29, 1.82) is 0 Å². The number of furan rings is 1. The zero-order valence-electron chi connectivity index (χ0n) is 10.4. The van der Waals surface area contributed by atoms with Crippen molar-refractivity contribution < 1.29 is 13.9 Å². The quantitative estimate of drug-likeness (QED) is 0.676. The molecule has 0 aliphatic carbocycles. The van der Waals surface area contributed by atoms with Crippen LogP contribution in [0, 0.1) is 0 Å². The number of rotatable bonds is 3. The fourth-order valence-electron chi connectivity index (χ4n) is 1.89. The second-order valence-corrected chi connectivity index (χ2v) is 4.04. The van der Waals surface area contributed by atoms with E-state index in [1.807, 2.05) is 24.4 Å². The normalized spacial score (nSPS) is 10.8. The Hall–Kier alpha value is -2.56. The summed E-state index contributed by atoms with van der Waals surface area (Å²) in [5, 5.41) is 0. The van der Waals surface area contributed by atoms with Crippen LogP contribution in [0.4, 0.5) is 0 Å². The molecule has 3 aromatic rings. The lowest BCUT2D eigenvalue weighted by Crippen LogP contribution is -2.04. The zero-order valence-corrected chi connectivity index (χ0v) is 10.4. The van der Waals surface area contributed by atoms with Gasteiger partial charge in [0.2, 0.25) is 0 Å². The van der Waals surface area contributed by atoms with Crippen LogP contribution in [0.1, 0.15) is 17.4 Å². The molecule has 5 heteroatoms. The van der Waals surface area contributed by atoms with Crippen LogP contribution in [-0.2, 0) is 4.74 Å². The molecular formula is C14H12N2O3. The number of nitrogens with zero attached hydrogens (tertiary/aromatic N) is 2. The van der Waals surface area contributed by atoms with Gasteiger partial charge in [-0.2, -0.15) is 0 Å². The Bertz CT molecular complexity index is 713. The molecule has 0 spiro atoms. The van der Waals surface area contributed by atoms with E-state index in [0.29, 0.717) is 17.9 Å². The molecule has 3 aromatic heterocycles. The van der Waals surface area contributed by atoms with Gasteiger partial charge in [-0.15, -0.1) is 0 Å². The highest BCUT2D eigenvalue weighted by Gasteiger charge is 2.12. The molecule has 0 radical (unpaired) electrons. The van der Waals surface area contributed by atoms with E-state index in [1.54, 1.807) is 30.0 Å². The molecule has 0 unspecified atom stereocenters. The van der Waals surface area contributed by atoms with Crippen LogP contribution in [0.5, 0.6) is 0 Å². The van der Waals surface area contributed by atoms with Gasteiger partial charge in [0.15, 0.2) is 5.69 Å². The number of fused-ring (bicyclic) bond motifs is 1. The third-order valence-corrected chi connectivity index (χ3v) is 2.79. The van der Waals surface area contributed by atoms with Gasteiger partial charge in [0, 0.05) is 23.5 Å². The fourth-order valence-corrected chi connectivity index (χ4v) is 1.89. The van der Waals surface area contributed by atoms with E-state index in [4.69, 9.17) is 9.15 Å². The minimum absolute atomic E-state index is 0.311. The van der Waals surface area contributed by atoms with E-state index in [1.165, 1.54) is 0 Å². The van der Waals surface area contributed by atoms with Crippen LogP contribution in [0.2, 0.25) is 0 Å². The van der Waals surface area contributed by atoms with Crippen LogP contribution >= 0.6 is 0 Å². The Morgan fingerprint density at radius 2 is 2.21 bits per heavy atom. The third kappa shape index (κ3) is 2.10. The summed E-state index contributed by atoms with van der Waals surface area (Å²) >= 11 is 0. The Labute approximate surface area is 109 Å². The molecule has 0 saturated carbocycles. The molecule has 0 aliphatic heterocycles. The van der Waals surface area contributed by atoms with Crippen molar-refractivity contribution in [2.75, 3.05) is 6.61 Å². The number of ether oxygens (including phenoxy) is 1. The maximum atomic E-state index is 11.6. The highest BCUT2D eigenvalue weighted by Crippen LogP contribution is 2.20. The smallest absolute Gasteiger partial charge is 0.358 e. The first kappa shape index (κ1) is 11.5. The number of hydrogen-bond acceptors (Lipinski definition) is 4. The highest BCUT2D eigenvalue weighted by atomic mass is 16.5. The number of aromatic nitrogens is 2. The number of carbonyl (C=O) groups excluding carboxylic acids is 1. The Balaban J connectivity index is 2.02. The summed E-state index contributed by atoms with van der Waals surface area (Å²) in [4.78, 5) is 15.8. The van der Waals surface area contributed by atoms with E-state index in [0.717, 1.165) is 11.1 Å². The highest BCUT2D eigenvalue weighted by molar-refractivity contribution is 5.88. The van der Waals surface area contributed by atoms with E-state index < -0.39 is 5.97 Å². The summed E-state index contributed by atoms with van der Waals surface area (Å²) in [7, 11) is 0. The average Bonchev–Trinajstić information content (AvgIpc) is 3.07. The lowest BCUT2D eigenvalue weighted by atomic mass is 10.1. The molecule has 0 aliphatic rings. The third-order valence-electron chi connectivity index (χ3n) is 2.79. The van der Waals surface area contributed by atoms with Crippen molar-refractivity contribution >= 4 is 11.6 Å². The van der Waals surface area contributed by atoms with Gasteiger partial charge in [-0.3, -0.25) is 0 Å². The predicted octanol–water partition coefficient (Wildman–Crippen LogP) is 2.77. The average molecular weight is 256 g/mol. The molecule has 96 valence electrons. The van der Waals surface area contributed by atoms with E-state index in [9.17, 15) is 4.79 Å². The van der Waals surface area contributed by atoms with E-state index in [2.05, 4.69) is 4.98 Å². The standard InChI is InChI=1S/C14H12N2O3/c1-2-19-14(17)12-8-16-7-10(3-4-13(16)15-12)11-5-6-18-9-11/h3-9H,2H2,1H3. The summed E-state index contributed by atoms with van der Waals surface area (Å²) in [6, 6.07) is 5.66. The fraction of sp³-hybridized carbons (Fsp3) is 0.143. The molecule has 19 heavy (non-hydrogen) atoms. The van der Waals surface area contributed by atoms with Gasteiger partial charge in [0.1, 0.15) is 5.65 Å². The molecule has 5 nitrogen and oxygen atoms in total. The second-order valence-electron chi connectivity index (χ2n) is 4.04. The van der Waals surface area contributed by atoms with Crippen molar-refractivity contribution in [2.45, 2.75) is 6.92 Å². The molecule has 0 fully saturated rings. The van der Waals surface area contributed by atoms with E-state index >= 15 is 0 Å². The summed E-state index contributed by atoms with van der Waals surface area (Å²) < 4.78 is 11.8. The molecule has 3 heterocycles. The minimum atomic E-state index is -0.406. The largest absolute Gasteiger partial charge is 0.472 e. The Morgan fingerprint density at radius 3 is 2.95 bits per heavy atom. The molecule has 3 rings (SSSR count). The lowest BCUT2D eigenvalue weighted by molar-refractivity contribution is 0.0520. The van der Waals surface area contributed by atoms with Gasteiger partial charge in [0.05, 0.1) is 19.1 Å². The number of carbonyl (C=O) groups is 1. The van der Waals surface area contributed by atoms with Crippen LogP contribution in [0.3, 0.4) is 0 Å². The summed E-state index contributed by atoms with van der Waals surface area (Å²) in [6.07, 6.45) is 6.86. The number of pyridine rings is 1. The van der Waals surface area contributed by atoms with Gasteiger partial charge in [0.25, 0.3) is 0 Å². The maximum Gasteiger partial charge on any atom is 0.358 e. The van der Waals surface area contributed by atoms with Gasteiger partial charge >= 0.3 is 5.97 Å². The van der Waals surface area contributed by atoms with Crippen LogP contribution in [0.15, 0.2) is 47.5 Å².